The SMILES string of the molecule is CC(C(N)=S)N1CCN(C2CCCCNC2=O)CC1. The maximum absolute atomic E-state index is 12.0. The highest BCUT2D eigenvalue weighted by atomic mass is 32.1. The van der Waals surface area contributed by atoms with Gasteiger partial charge in [-0.05, 0) is 26.2 Å². The predicted octanol–water partition coefficient (Wildman–Crippen LogP) is -0.0527. The van der Waals surface area contributed by atoms with E-state index in [1.165, 1.54) is 0 Å². The third kappa shape index (κ3) is 3.64. The van der Waals surface area contributed by atoms with E-state index in [2.05, 4.69) is 22.0 Å². The van der Waals surface area contributed by atoms with Crippen molar-refractivity contribution >= 4 is 23.1 Å². The number of hydrogen-bond acceptors (Lipinski definition) is 4. The lowest BCUT2D eigenvalue weighted by Crippen LogP contribution is -2.57. The maximum atomic E-state index is 12.0. The molecule has 2 rings (SSSR count). The van der Waals surface area contributed by atoms with Crippen LogP contribution in [-0.2, 0) is 4.79 Å². The molecule has 0 bridgehead atoms. The Kier molecular flexibility index (Phi) is 5.13. The lowest BCUT2D eigenvalue weighted by molar-refractivity contribution is -0.126. The molecule has 0 spiro atoms. The molecule has 0 aliphatic carbocycles. The second kappa shape index (κ2) is 6.63. The highest BCUT2D eigenvalue weighted by Gasteiger charge is 2.31. The van der Waals surface area contributed by atoms with Crippen molar-refractivity contribution in [3.63, 3.8) is 0 Å². The molecule has 19 heavy (non-hydrogen) atoms. The molecule has 2 atom stereocenters. The van der Waals surface area contributed by atoms with Gasteiger partial charge in [-0.25, -0.2) is 0 Å². The molecule has 2 saturated heterocycles. The fourth-order valence-electron chi connectivity index (χ4n) is 2.89. The number of nitrogens with two attached hydrogens (primary N) is 1. The molecule has 6 heteroatoms. The molecule has 0 saturated carbocycles. The summed E-state index contributed by atoms with van der Waals surface area (Å²) < 4.78 is 0. The summed E-state index contributed by atoms with van der Waals surface area (Å²) in [4.78, 5) is 17.2. The van der Waals surface area contributed by atoms with Gasteiger partial charge in [0.1, 0.15) is 0 Å². The highest BCUT2D eigenvalue weighted by Crippen LogP contribution is 2.16. The number of carbonyl (C=O) groups is 1. The van der Waals surface area contributed by atoms with E-state index >= 15 is 0 Å². The van der Waals surface area contributed by atoms with Gasteiger partial charge in [0.2, 0.25) is 5.91 Å². The van der Waals surface area contributed by atoms with E-state index < -0.39 is 0 Å². The summed E-state index contributed by atoms with van der Waals surface area (Å²) in [6.07, 6.45) is 3.21. The molecule has 1 amide bonds. The summed E-state index contributed by atoms with van der Waals surface area (Å²) in [5.41, 5.74) is 5.70. The molecule has 2 aliphatic heterocycles. The van der Waals surface area contributed by atoms with Crippen LogP contribution in [0, 0.1) is 0 Å². The smallest absolute Gasteiger partial charge is 0.237 e. The molecule has 108 valence electrons. The number of hydrogen-bond donors (Lipinski definition) is 2. The Morgan fingerprint density at radius 1 is 1.37 bits per heavy atom. The quantitative estimate of drug-likeness (QED) is 0.712. The number of carbonyl (C=O) groups excluding carboxylic acids is 1. The number of nitrogens with one attached hydrogen (secondary N) is 1. The van der Waals surface area contributed by atoms with Crippen molar-refractivity contribution in [3.8, 4) is 0 Å². The Balaban J connectivity index is 1.88. The molecule has 2 aliphatic rings. The Labute approximate surface area is 120 Å². The minimum atomic E-state index is 0.0600. The van der Waals surface area contributed by atoms with E-state index in [4.69, 9.17) is 18.0 Å². The van der Waals surface area contributed by atoms with E-state index in [0.29, 0.717) is 4.99 Å². The molecule has 2 unspecified atom stereocenters. The molecular weight excluding hydrogens is 260 g/mol. The second-order valence-electron chi connectivity index (χ2n) is 5.45. The van der Waals surface area contributed by atoms with Crippen LogP contribution in [0.5, 0.6) is 0 Å². The van der Waals surface area contributed by atoms with Gasteiger partial charge < -0.3 is 11.1 Å². The van der Waals surface area contributed by atoms with Crippen LogP contribution in [0.1, 0.15) is 26.2 Å². The number of amides is 1. The Bertz CT molecular complexity index is 342. The molecule has 3 N–H and O–H groups in total. The van der Waals surface area contributed by atoms with Crippen LogP contribution in [0.25, 0.3) is 0 Å². The number of rotatable bonds is 3. The first-order valence-corrected chi connectivity index (χ1v) is 7.55. The van der Waals surface area contributed by atoms with E-state index in [1.54, 1.807) is 0 Å². The maximum Gasteiger partial charge on any atom is 0.237 e. The zero-order valence-electron chi connectivity index (χ0n) is 11.6. The molecule has 0 aromatic rings. The van der Waals surface area contributed by atoms with Crippen LogP contribution in [0.3, 0.4) is 0 Å². The summed E-state index contributed by atoms with van der Waals surface area (Å²) in [5.74, 6) is 0.202. The van der Waals surface area contributed by atoms with E-state index in [9.17, 15) is 4.79 Å². The third-order valence-corrected chi connectivity index (χ3v) is 4.60. The van der Waals surface area contributed by atoms with Gasteiger partial charge >= 0.3 is 0 Å². The van der Waals surface area contributed by atoms with Gasteiger partial charge in [-0.3, -0.25) is 14.6 Å². The molecule has 2 heterocycles. The summed E-state index contributed by atoms with van der Waals surface area (Å²) in [6, 6.07) is 0.213. The van der Waals surface area contributed by atoms with Gasteiger partial charge in [0.25, 0.3) is 0 Å². The third-order valence-electron chi connectivity index (χ3n) is 4.26. The zero-order chi connectivity index (χ0) is 13.8. The summed E-state index contributed by atoms with van der Waals surface area (Å²) in [6.45, 7) is 6.59. The summed E-state index contributed by atoms with van der Waals surface area (Å²) in [7, 11) is 0. The lowest BCUT2D eigenvalue weighted by atomic mass is 10.1. The number of nitrogens with zero attached hydrogens (tertiary/aromatic N) is 2. The topological polar surface area (TPSA) is 61.6 Å². The predicted molar refractivity (Wildman–Crippen MR) is 80.0 cm³/mol. The van der Waals surface area contributed by atoms with Crippen LogP contribution >= 0.6 is 12.2 Å². The first-order valence-electron chi connectivity index (χ1n) is 7.14. The van der Waals surface area contributed by atoms with E-state index in [-0.39, 0.29) is 18.0 Å². The highest BCUT2D eigenvalue weighted by molar-refractivity contribution is 7.80. The van der Waals surface area contributed by atoms with Crippen molar-refractivity contribution in [3.05, 3.63) is 0 Å². The molecule has 2 fully saturated rings. The molecule has 0 aromatic heterocycles. The van der Waals surface area contributed by atoms with Crippen molar-refractivity contribution in [1.82, 2.24) is 15.1 Å². The van der Waals surface area contributed by atoms with Crippen molar-refractivity contribution in [2.45, 2.75) is 38.3 Å². The Hall–Kier alpha value is -0.720. The van der Waals surface area contributed by atoms with E-state index in [1.807, 2.05) is 0 Å². The normalized spacial score (nSPS) is 28.5. The minimum absolute atomic E-state index is 0.0600. The average Bonchev–Trinajstić information content (AvgIpc) is 2.63. The van der Waals surface area contributed by atoms with Crippen molar-refractivity contribution < 1.29 is 4.79 Å². The monoisotopic (exact) mass is 284 g/mol. The fraction of sp³-hybridized carbons (Fsp3) is 0.846. The molecular formula is C13H24N4OS. The lowest BCUT2D eigenvalue weighted by Gasteiger charge is -2.40. The van der Waals surface area contributed by atoms with Crippen LogP contribution < -0.4 is 11.1 Å². The number of piperazine rings is 1. The molecule has 0 radical (unpaired) electrons. The van der Waals surface area contributed by atoms with Crippen molar-refractivity contribution in [2.75, 3.05) is 32.7 Å². The summed E-state index contributed by atoms with van der Waals surface area (Å²) in [5, 5.41) is 3.01. The van der Waals surface area contributed by atoms with Crippen LogP contribution in [0.2, 0.25) is 0 Å². The zero-order valence-corrected chi connectivity index (χ0v) is 12.4. The Morgan fingerprint density at radius 2 is 2.05 bits per heavy atom. The van der Waals surface area contributed by atoms with Gasteiger partial charge in [0, 0.05) is 32.7 Å². The first-order chi connectivity index (χ1) is 9.09. The Morgan fingerprint density at radius 3 is 2.68 bits per heavy atom. The average molecular weight is 284 g/mol. The van der Waals surface area contributed by atoms with Gasteiger partial charge in [-0.15, -0.1) is 0 Å². The van der Waals surface area contributed by atoms with Crippen LogP contribution in [0.4, 0.5) is 0 Å². The minimum Gasteiger partial charge on any atom is -0.392 e. The van der Waals surface area contributed by atoms with E-state index in [0.717, 1.165) is 52.0 Å². The number of thiocarbonyl (C=S) groups is 1. The van der Waals surface area contributed by atoms with Crippen LogP contribution in [-0.4, -0.2) is 65.5 Å². The van der Waals surface area contributed by atoms with Gasteiger partial charge in [0.05, 0.1) is 17.1 Å². The molecule has 5 nitrogen and oxygen atoms in total. The van der Waals surface area contributed by atoms with Crippen molar-refractivity contribution in [1.29, 1.82) is 0 Å². The van der Waals surface area contributed by atoms with Crippen LogP contribution in [0.15, 0.2) is 0 Å². The summed E-state index contributed by atoms with van der Waals surface area (Å²) >= 11 is 5.05. The van der Waals surface area contributed by atoms with Gasteiger partial charge in [-0.1, -0.05) is 12.2 Å². The molecule has 0 aromatic carbocycles. The largest absolute Gasteiger partial charge is 0.392 e. The second-order valence-corrected chi connectivity index (χ2v) is 5.92. The van der Waals surface area contributed by atoms with Gasteiger partial charge in [0.15, 0.2) is 0 Å². The van der Waals surface area contributed by atoms with Crippen molar-refractivity contribution in [2.24, 2.45) is 5.73 Å². The van der Waals surface area contributed by atoms with Gasteiger partial charge in [-0.2, -0.15) is 0 Å². The first kappa shape index (κ1) is 14.7. The standard InChI is InChI=1S/C13H24N4OS/c1-10(12(14)19)16-6-8-17(9-7-16)11-4-2-3-5-15-13(11)18/h10-11H,2-9H2,1H3,(H2,14,19)(H,15,18). The fourth-order valence-corrected chi connectivity index (χ4v) is 3.04.